The second kappa shape index (κ2) is 7.54. The molecule has 0 heterocycles. The lowest BCUT2D eigenvalue weighted by Gasteiger charge is -2.16. The van der Waals surface area contributed by atoms with Crippen molar-refractivity contribution in [3.8, 4) is 0 Å². The molecule has 0 fully saturated rings. The van der Waals surface area contributed by atoms with Gasteiger partial charge in [0.25, 0.3) is 0 Å². The topological polar surface area (TPSA) is 29.3 Å². The molecule has 0 aliphatic rings. The lowest BCUT2D eigenvalue weighted by atomic mass is 10.2. The van der Waals surface area contributed by atoms with Crippen LogP contribution in [0.1, 0.15) is 11.1 Å². The van der Waals surface area contributed by atoms with Crippen LogP contribution in [0.5, 0.6) is 0 Å². The Morgan fingerprint density at radius 3 is 1.89 bits per heavy atom. The number of nitrogens with two attached hydrogens (primary N) is 1. The van der Waals surface area contributed by atoms with Crippen molar-refractivity contribution in [3.05, 3.63) is 70.2 Å². The van der Waals surface area contributed by atoms with Crippen molar-refractivity contribution in [1.29, 1.82) is 0 Å². The van der Waals surface area contributed by atoms with Gasteiger partial charge in [-0.25, -0.2) is 5.01 Å². The molecule has 0 saturated carbocycles. The molecule has 0 spiro atoms. The molecule has 96 valence electrons. The van der Waals surface area contributed by atoms with Gasteiger partial charge in [0.05, 0.1) is 0 Å². The number of nitrogens with zero attached hydrogens (tertiary/aromatic N) is 1. The molecule has 18 heavy (non-hydrogen) atoms. The summed E-state index contributed by atoms with van der Waals surface area (Å²) in [5.41, 5.74) is 2.44. The van der Waals surface area contributed by atoms with Gasteiger partial charge < -0.3 is 0 Å². The second-order valence-electron chi connectivity index (χ2n) is 4.02. The molecule has 0 atom stereocenters. The number of halogens is 2. The zero-order valence-corrected chi connectivity index (χ0v) is 12.3. The fourth-order valence-corrected chi connectivity index (χ4v) is 1.96. The molecule has 0 aliphatic heterocycles. The van der Waals surface area contributed by atoms with E-state index in [1.165, 1.54) is 11.1 Å². The molecule has 0 aliphatic carbocycles. The highest BCUT2D eigenvalue weighted by Crippen LogP contribution is 2.12. The quantitative estimate of drug-likeness (QED) is 0.684. The first kappa shape index (κ1) is 15.2. The van der Waals surface area contributed by atoms with E-state index in [1.807, 2.05) is 35.3 Å². The van der Waals surface area contributed by atoms with Crippen LogP contribution in [0.25, 0.3) is 0 Å². The Balaban J connectivity index is 0.00000162. The third kappa shape index (κ3) is 4.78. The van der Waals surface area contributed by atoms with Crippen LogP contribution in [0.15, 0.2) is 59.1 Å². The lowest BCUT2D eigenvalue weighted by molar-refractivity contribution is 0.266. The summed E-state index contributed by atoms with van der Waals surface area (Å²) in [6.45, 7) is 1.51. The molecular weight excluding hydrogens is 312 g/mol. The van der Waals surface area contributed by atoms with Gasteiger partial charge in [-0.3, -0.25) is 5.84 Å². The number of rotatable bonds is 4. The highest BCUT2D eigenvalue weighted by Gasteiger charge is 2.01. The van der Waals surface area contributed by atoms with Crippen LogP contribution in [-0.4, -0.2) is 5.01 Å². The van der Waals surface area contributed by atoms with Gasteiger partial charge in [0, 0.05) is 17.6 Å². The van der Waals surface area contributed by atoms with Gasteiger partial charge in [-0.05, 0) is 23.3 Å². The Labute approximate surface area is 122 Å². The van der Waals surface area contributed by atoms with Gasteiger partial charge in [-0.1, -0.05) is 58.4 Å². The monoisotopic (exact) mass is 326 g/mol. The van der Waals surface area contributed by atoms with Gasteiger partial charge in [0.2, 0.25) is 0 Å². The summed E-state index contributed by atoms with van der Waals surface area (Å²) >= 11 is 3.42. The summed E-state index contributed by atoms with van der Waals surface area (Å²) in [4.78, 5) is 0. The molecule has 2 aromatic carbocycles. The maximum Gasteiger partial charge on any atom is 0.0383 e. The molecule has 0 bridgehead atoms. The maximum atomic E-state index is 6.00. The molecule has 0 unspecified atom stereocenters. The molecule has 0 aromatic heterocycles. The smallest absolute Gasteiger partial charge is 0.0383 e. The molecule has 0 amide bonds. The Morgan fingerprint density at radius 1 is 0.833 bits per heavy atom. The van der Waals surface area contributed by atoms with Crippen molar-refractivity contribution < 1.29 is 0 Å². The Morgan fingerprint density at radius 2 is 1.33 bits per heavy atom. The molecular formula is C14H16BrClN2. The summed E-state index contributed by atoms with van der Waals surface area (Å²) in [6.07, 6.45) is 0. The van der Waals surface area contributed by atoms with E-state index in [2.05, 4.69) is 40.2 Å². The molecule has 2 rings (SSSR count). The molecule has 2 N–H and O–H groups in total. The highest BCUT2D eigenvalue weighted by atomic mass is 79.9. The molecule has 2 nitrogen and oxygen atoms in total. The van der Waals surface area contributed by atoms with E-state index in [0.717, 1.165) is 17.6 Å². The largest absolute Gasteiger partial charge is 0.268 e. The van der Waals surface area contributed by atoms with Gasteiger partial charge in [-0.15, -0.1) is 12.4 Å². The van der Waals surface area contributed by atoms with Crippen molar-refractivity contribution >= 4 is 28.3 Å². The van der Waals surface area contributed by atoms with Crippen LogP contribution < -0.4 is 5.84 Å². The van der Waals surface area contributed by atoms with Crippen LogP contribution >= 0.6 is 28.3 Å². The Kier molecular flexibility index (Phi) is 6.36. The average molecular weight is 328 g/mol. The van der Waals surface area contributed by atoms with Crippen LogP contribution in [0.3, 0.4) is 0 Å². The highest BCUT2D eigenvalue weighted by molar-refractivity contribution is 9.10. The van der Waals surface area contributed by atoms with Crippen LogP contribution in [0.4, 0.5) is 0 Å². The number of hydrogen-bond donors (Lipinski definition) is 1. The number of hydrogen-bond acceptors (Lipinski definition) is 2. The summed E-state index contributed by atoms with van der Waals surface area (Å²) in [7, 11) is 0. The van der Waals surface area contributed by atoms with Gasteiger partial charge in [0.15, 0.2) is 0 Å². The maximum absolute atomic E-state index is 6.00. The van der Waals surface area contributed by atoms with Crippen molar-refractivity contribution in [2.75, 3.05) is 0 Å². The zero-order valence-electron chi connectivity index (χ0n) is 9.92. The fourth-order valence-electron chi connectivity index (χ4n) is 1.70. The van der Waals surface area contributed by atoms with E-state index < -0.39 is 0 Å². The number of hydrazine groups is 1. The van der Waals surface area contributed by atoms with Crippen LogP contribution in [-0.2, 0) is 13.1 Å². The Hall–Kier alpha value is -0.870. The fraction of sp³-hybridized carbons (Fsp3) is 0.143. The first-order valence-electron chi connectivity index (χ1n) is 5.52. The summed E-state index contributed by atoms with van der Waals surface area (Å²) in [5, 5.41) is 1.82. The molecule has 2 aromatic rings. The van der Waals surface area contributed by atoms with Crippen molar-refractivity contribution in [2.24, 2.45) is 5.84 Å². The van der Waals surface area contributed by atoms with Gasteiger partial charge in [0.1, 0.15) is 0 Å². The SMILES string of the molecule is Cl.NN(Cc1ccccc1)Cc1ccc(Br)cc1. The predicted molar refractivity (Wildman–Crippen MR) is 81.3 cm³/mol. The summed E-state index contributed by atoms with van der Waals surface area (Å²) in [6, 6.07) is 18.5. The first-order valence-corrected chi connectivity index (χ1v) is 6.31. The van der Waals surface area contributed by atoms with E-state index in [4.69, 9.17) is 5.84 Å². The average Bonchev–Trinajstić information content (AvgIpc) is 2.33. The van der Waals surface area contributed by atoms with Gasteiger partial charge >= 0.3 is 0 Å². The van der Waals surface area contributed by atoms with Crippen molar-refractivity contribution in [3.63, 3.8) is 0 Å². The summed E-state index contributed by atoms with van der Waals surface area (Å²) < 4.78 is 1.09. The van der Waals surface area contributed by atoms with E-state index >= 15 is 0 Å². The second-order valence-corrected chi connectivity index (χ2v) is 4.93. The predicted octanol–water partition coefficient (Wildman–Crippen LogP) is 3.75. The van der Waals surface area contributed by atoms with E-state index in [-0.39, 0.29) is 12.4 Å². The third-order valence-electron chi connectivity index (χ3n) is 2.53. The van der Waals surface area contributed by atoms with E-state index in [0.29, 0.717) is 0 Å². The summed E-state index contributed by atoms with van der Waals surface area (Å²) in [5.74, 6) is 6.00. The Bertz CT molecular complexity index is 459. The lowest BCUT2D eigenvalue weighted by Crippen LogP contribution is -2.29. The molecule has 0 radical (unpaired) electrons. The standard InChI is InChI=1S/C14H15BrN2.ClH/c15-14-8-6-13(7-9-14)11-17(16)10-12-4-2-1-3-5-12;/h1-9H,10-11,16H2;1H. The molecule has 4 heteroatoms. The van der Waals surface area contributed by atoms with Crippen molar-refractivity contribution in [1.82, 2.24) is 5.01 Å². The van der Waals surface area contributed by atoms with E-state index in [9.17, 15) is 0 Å². The first-order chi connectivity index (χ1) is 8.24. The van der Waals surface area contributed by atoms with Crippen LogP contribution in [0, 0.1) is 0 Å². The van der Waals surface area contributed by atoms with Crippen LogP contribution in [0.2, 0.25) is 0 Å². The molecule has 0 saturated heterocycles. The van der Waals surface area contributed by atoms with Gasteiger partial charge in [-0.2, -0.15) is 0 Å². The van der Waals surface area contributed by atoms with E-state index in [1.54, 1.807) is 0 Å². The minimum Gasteiger partial charge on any atom is -0.268 e. The zero-order chi connectivity index (χ0) is 12.1. The minimum atomic E-state index is 0. The van der Waals surface area contributed by atoms with Crippen molar-refractivity contribution in [2.45, 2.75) is 13.1 Å². The number of benzene rings is 2. The normalized spacial score (nSPS) is 10.2. The third-order valence-corrected chi connectivity index (χ3v) is 3.06. The minimum absolute atomic E-state index is 0.